The summed E-state index contributed by atoms with van der Waals surface area (Å²) in [7, 11) is 1.88. The zero-order valence-electron chi connectivity index (χ0n) is 12.1. The highest BCUT2D eigenvalue weighted by atomic mass is 32.1. The van der Waals surface area contributed by atoms with Crippen molar-refractivity contribution in [2.45, 2.75) is 32.6 Å². The molecular weight excluding hydrogens is 270 g/mol. The maximum Gasteiger partial charge on any atom is 0.263 e. The van der Waals surface area contributed by atoms with Gasteiger partial charge in [-0.2, -0.15) is 0 Å². The summed E-state index contributed by atoms with van der Waals surface area (Å²) in [4.78, 5) is 15.9. The first-order valence-electron chi connectivity index (χ1n) is 7.07. The summed E-state index contributed by atoms with van der Waals surface area (Å²) in [5.74, 6) is 6.29. The number of aliphatic hydroxyl groups excluding tert-OH is 1. The van der Waals surface area contributed by atoms with Crippen molar-refractivity contribution in [3.05, 3.63) is 21.4 Å². The minimum absolute atomic E-state index is 0.0852. The molecule has 1 N–H and O–H groups in total. The third-order valence-electron chi connectivity index (χ3n) is 3.76. The van der Waals surface area contributed by atoms with E-state index in [2.05, 4.69) is 11.8 Å². The van der Waals surface area contributed by atoms with Crippen LogP contribution in [0.1, 0.15) is 45.8 Å². The lowest BCUT2D eigenvalue weighted by molar-refractivity contribution is 0.0778. The topological polar surface area (TPSA) is 40.5 Å². The number of nitrogens with zero attached hydrogens (tertiary/aromatic N) is 1. The average Bonchev–Trinajstić information content (AvgIpc) is 3.05. The highest BCUT2D eigenvalue weighted by Crippen LogP contribution is 2.27. The number of aryl methyl sites for hydroxylation is 1. The van der Waals surface area contributed by atoms with Gasteiger partial charge in [-0.15, -0.1) is 11.3 Å². The molecule has 4 heteroatoms. The molecule has 3 nitrogen and oxygen atoms in total. The molecule has 1 fully saturated rings. The molecule has 1 aliphatic carbocycles. The normalized spacial score (nSPS) is 14.9. The zero-order valence-corrected chi connectivity index (χ0v) is 12.9. The second kappa shape index (κ2) is 6.92. The lowest BCUT2D eigenvalue weighted by Crippen LogP contribution is -2.30. The molecule has 0 saturated heterocycles. The third kappa shape index (κ3) is 3.62. The van der Waals surface area contributed by atoms with Gasteiger partial charge in [-0.3, -0.25) is 4.79 Å². The monoisotopic (exact) mass is 291 g/mol. The minimum Gasteiger partial charge on any atom is -0.384 e. The van der Waals surface area contributed by atoms with E-state index < -0.39 is 0 Å². The lowest BCUT2D eigenvalue weighted by atomic mass is 10.1. The predicted molar refractivity (Wildman–Crippen MR) is 81.9 cm³/mol. The Kier molecular flexibility index (Phi) is 5.22. The first kappa shape index (κ1) is 15.1. The van der Waals surface area contributed by atoms with Crippen molar-refractivity contribution in [1.29, 1.82) is 0 Å². The number of carbonyl (C=O) groups is 1. The first-order valence-corrected chi connectivity index (χ1v) is 7.89. The molecule has 0 aliphatic heterocycles. The van der Waals surface area contributed by atoms with Crippen LogP contribution >= 0.6 is 11.3 Å². The third-order valence-corrected chi connectivity index (χ3v) is 4.90. The highest BCUT2D eigenvalue weighted by Gasteiger charge is 2.21. The Bertz CT molecular complexity index is 532. The SMILES string of the molecule is Cc1cc(C(=O)N(C)CC2CCCC2)sc1C#CCO. The Morgan fingerprint density at radius 1 is 1.50 bits per heavy atom. The van der Waals surface area contributed by atoms with Crippen LogP contribution in [0.25, 0.3) is 0 Å². The molecule has 20 heavy (non-hydrogen) atoms. The molecule has 1 aromatic heterocycles. The van der Waals surface area contributed by atoms with E-state index in [0.717, 1.165) is 21.9 Å². The molecule has 0 unspecified atom stereocenters. The fraction of sp³-hybridized carbons (Fsp3) is 0.562. The van der Waals surface area contributed by atoms with Gasteiger partial charge in [0.25, 0.3) is 5.91 Å². The van der Waals surface area contributed by atoms with E-state index in [-0.39, 0.29) is 12.5 Å². The molecule has 1 aliphatic rings. The number of hydrogen-bond acceptors (Lipinski definition) is 3. The molecule has 2 rings (SSSR count). The van der Waals surface area contributed by atoms with Gasteiger partial charge in [0.15, 0.2) is 0 Å². The maximum absolute atomic E-state index is 12.4. The largest absolute Gasteiger partial charge is 0.384 e. The van der Waals surface area contributed by atoms with E-state index in [1.807, 2.05) is 24.9 Å². The van der Waals surface area contributed by atoms with Crippen LogP contribution in [0, 0.1) is 24.7 Å². The smallest absolute Gasteiger partial charge is 0.263 e. The first-order chi connectivity index (χ1) is 9.61. The van der Waals surface area contributed by atoms with Crippen LogP contribution in [-0.4, -0.2) is 36.1 Å². The van der Waals surface area contributed by atoms with Crippen LogP contribution in [0.4, 0.5) is 0 Å². The number of rotatable bonds is 3. The van der Waals surface area contributed by atoms with Crippen LogP contribution in [0.3, 0.4) is 0 Å². The Balaban J connectivity index is 2.04. The van der Waals surface area contributed by atoms with E-state index >= 15 is 0 Å². The number of thiophene rings is 1. The van der Waals surface area contributed by atoms with Gasteiger partial charge in [0.1, 0.15) is 6.61 Å². The van der Waals surface area contributed by atoms with Crippen LogP contribution in [0.2, 0.25) is 0 Å². The van der Waals surface area contributed by atoms with E-state index in [1.54, 1.807) is 0 Å². The summed E-state index contributed by atoms with van der Waals surface area (Å²) < 4.78 is 0. The molecule has 1 saturated carbocycles. The van der Waals surface area contributed by atoms with Gasteiger partial charge in [-0.1, -0.05) is 24.7 Å². The molecule has 0 bridgehead atoms. The number of amides is 1. The van der Waals surface area contributed by atoms with Crippen molar-refractivity contribution in [3.63, 3.8) is 0 Å². The number of hydrogen-bond donors (Lipinski definition) is 1. The maximum atomic E-state index is 12.4. The minimum atomic E-state index is -0.151. The van der Waals surface area contributed by atoms with Gasteiger partial charge in [0, 0.05) is 13.6 Å². The molecule has 0 aromatic carbocycles. The van der Waals surface area contributed by atoms with Gasteiger partial charge in [0.05, 0.1) is 9.75 Å². The summed E-state index contributed by atoms with van der Waals surface area (Å²) in [5.41, 5.74) is 1.01. The quantitative estimate of drug-likeness (QED) is 0.870. The van der Waals surface area contributed by atoms with Crippen LogP contribution in [0.15, 0.2) is 6.07 Å². The van der Waals surface area contributed by atoms with Crippen molar-refractivity contribution < 1.29 is 9.90 Å². The van der Waals surface area contributed by atoms with E-state index in [9.17, 15) is 4.79 Å². The Labute approximate surface area is 124 Å². The van der Waals surface area contributed by atoms with E-state index in [0.29, 0.717) is 5.92 Å². The van der Waals surface area contributed by atoms with Crippen molar-refractivity contribution >= 4 is 17.2 Å². The summed E-state index contributed by atoms with van der Waals surface area (Å²) in [6.45, 7) is 2.65. The number of carbonyl (C=O) groups excluding carboxylic acids is 1. The van der Waals surface area contributed by atoms with Gasteiger partial charge in [-0.05, 0) is 37.3 Å². The van der Waals surface area contributed by atoms with Crippen LogP contribution in [-0.2, 0) is 0 Å². The molecule has 1 aromatic rings. The van der Waals surface area contributed by atoms with Crippen LogP contribution < -0.4 is 0 Å². The molecule has 1 heterocycles. The van der Waals surface area contributed by atoms with Crippen LogP contribution in [0.5, 0.6) is 0 Å². The van der Waals surface area contributed by atoms with Gasteiger partial charge < -0.3 is 10.0 Å². The standard InChI is InChI=1S/C16H21NO2S/c1-12-10-15(20-14(12)8-5-9-18)16(19)17(2)11-13-6-3-4-7-13/h10,13,18H,3-4,6-7,9,11H2,1-2H3. The van der Waals surface area contributed by atoms with Crippen molar-refractivity contribution in [1.82, 2.24) is 4.90 Å². The Hall–Kier alpha value is -1.31. The van der Waals surface area contributed by atoms with Crippen molar-refractivity contribution in [3.8, 4) is 11.8 Å². The Morgan fingerprint density at radius 2 is 2.20 bits per heavy atom. The molecule has 0 radical (unpaired) electrons. The van der Waals surface area contributed by atoms with E-state index in [4.69, 9.17) is 5.11 Å². The van der Waals surface area contributed by atoms with Crippen molar-refractivity contribution in [2.75, 3.05) is 20.2 Å². The van der Waals surface area contributed by atoms with Gasteiger partial charge in [-0.25, -0.2) is 0 Å². The molecule has 1 amide bonds. The molecule has 0 spiro atoms. The highest BCUT2D eigenvalue weighted by molar-refractivity contribution is 7.14. The molecular formula is C16H21NO2S. The zero-order chi connectivity index (χ0) is 14.5. The van der Waals surface area contributed by atoms with Gasteiger partial charge in [0.2, 0.25) is 0 Å². The number of aliphatic hydroxyl groups is 1. The second-order valence-corrected chi connectivity index (χ2v) is 6.47. The summed E-state index contributed by atoms with van der Waals surface area (Å²) in [6, 6.07) is 1.90. The van der Waals surface area contributed by atoms with E-state index in [1.165, 1.54) is 37.0 Å². The van der Waals surface area contributed by atoms with Gasteiger partial charge >= 0.3 is 0 Å². The predicted octanol–water partition coefficient (Wildman–Crippen LogP) is 2.66. The summed E-state index contributed by atoms with van der Waals surface area (Å²) in [6.07, 6.45) is 5.08. The summed E-state index contributed by atoms with van der Waals surface area (Å²) in [5, 5.41) is 8.74. The fourth-order valence-corrected chi connectivity index (χ4v) is 3.72. The lowest BCUT2D eigenvalue weighted by Gasteiger charge is -2.20. The van der Waals surface area contributed by atoms with Crippen molar-refractivity contribution in [2.24, 2.45) is 5.92 Å². The average molecular weight is 291 g/mol. The fourth-order valence-electron chi connectivity index (χ4n) is 2.68. The Morgan fingerprint density at radius 3 is 2.85 bits per heavy atom. The molecule has 108 valence electrons. The second-order valence-electron chi connectivity index (χ2n) is 5.42. The molecule has 0 atom stereocenters. The summed E-state index contributed by atoms with van der Waals surface area (Å²) >= 11 is 1.42.